The van der Waals surface area contributed by atoms with Crippen LogP contribution in [0.1, 0.15) is 17.0 Å². The Morgan fingerprint density at radius 1 is 1.14 bits per heavy atom. The monoisotopic (exact) mass is 283 g/mol. The number of rotatable bonds is 4. The molecule has 0 spiro atoms. The van der Waals surface area contributed by atoms with Crippen molar-refractivity contribution in [2.24, 2.45) is 0 Å². The van der Waals surface area contributed by atoms with Gasteiger partial charge in [-0.25, -0.2) is 0 Å². The Balaban J connectivity index is 2.01. The number of aliphatic hydroxyl groups excluding tert-OH is 1. The molecule has 4 nitrogen and oxygen atoms in total. The van der Waals surface area contributed by atoms with Crippen LogP contribution in [0.4, 0.5) is 0 Å². The second kappa shape index (κ2) is 7.32. The maximum absolute atomic E-state index is 8.64. The first kappa shape index (κ1) is 14.9. The summed E-state index contributed by atoms with van der Waals surface area (Å²) in [7, 11) is 1.63. The van der Waals surface area contributed by atoms with Crippen molar-refractivity contribution >= 4 is 0 Å². The van der Waals surface area contributed by atoms with Gasteiger partial charge in [0.25, 0.3) is 0 Å². The van der Waals surface area contributed by atoms with Crippen molar-refractivity contribution in [1.29, 1.82) is 0 Å². The topological polar surface area (TPSA) is 51.6 Å². The fraction of sp³-hybridized carbons (Fsp3) is 0.235. The van der Waals surface area contributed by atoms with Crippen LogP contribution >= 0.6 is 0 Å². The van der Waals surface area contributed by atoms with Crippen LogP contribution in [-0.4, -0.2) is 23.8 Å². The fourth-order valence-electron chi connectivity index (χ4n) is 1.83. The van der Waals surface area contributed by atoms with Crippen molar-refractivity contribution in [3.05, 3.63) is 53.3 Å². The first-order valence-electron chi connectivity index (χ1n) is 6.55. The lowest BCUT2D eigenvalue weighted by Gasteiger charge is -2.08. The highest BCUT2D eigenvalue weighted by Gasteiger charge is 2.02. The third kappa shape index (κ3) is 4.51. The summed E-state index contributed by atoms with van der Waals surface area (Å²) >= 11 is 0. The van der Waals surface area contributed by atoms with Gasteiger partial charge in [-0.1, -0.05) is 11.8 Å². The van der Waals surface area contributed by atoms with Gasteiger partial charge < -0.3 is 14.6 Å². The van der Waals surface area contributed by atoms with E-state index in [9.17, 15) is 0 Å². The van der Waals surface area contributed by atoms with E-state index < -0.39 is 0 Å². The van der Waals surface area contributed by atoms with E-state index in [1.807, 2.05) is 43.3 Å². The van der Waals surface area contributed by atoms with E-state index in [1.165, 1.54) is 0 Å². The van der Waals surface area contributed by atoms with Crippen molar-refractivity contribution in [1.82, 2.24) is 4.98 Å². The number of pyridine rings is 1. The van der Waals surface area contributed by atoms with E-state index >= 15 is 0 Å². The zero-order valence-corrected chi connectivity index (χ0v) is 12.1. The zero-order chi connectivity index (χ0) is 15.1. The Morgan fingerprint density at radius 2 is 1.90 bits per heavy atom. The zero-order valence-electron chi connectivity index (χ0n) is 12.1. The molecule has 0 unspecified atom stereocenters. The van der Waals surface area contributed by atoms with E-state index in [-0.39, 0.29) is 6.61 Å². The summed E-state index contributed by atoms with van der Waals surface area (Å²) < 4.78 is 10.9. The Hall–Kier alpha value is -2.51. The number of aliphatic hydroxyl groups is 1. The van der Waals surface area contributed by atoms with Crippen LogP contribution in [-0.2, 0) is 6.61 Å². The van der Waals surface area contributed by atoms with Gasteiger partial charge in [0.1, 0.15) is 24.7 Å². The molecule has 0 aliphatic rings. The third-order valence-corrected chi connectivity index (χ3v) is 2.77. The molecule has 0 amide bonds. The van der Waals surface area contributed by atoms with Crippen LogP contribution in [0.15, 0.2) is 36.4 Å². The number of aromatic nitrogens is 1. The van der Waals surface area contributed by atoms with Crippen LogP contribution in [0, 0.1) is 18.8 Å². The summed E-state index contributed by atoms with van der Waals surface area (Å²) in [6.45, 7) is 2.15. The molecule has 2 rings (SSSR count). The standard InChI is InChI=1S/C17H17NO3/c1-13-10-17(20-2)11-15(18-13)12-21-16-7-5-14(6-8-16)4-3-9-19/h5-8,10-11,19H,9,12H2,1-2H3. The van der Waals surface area contributed by atoms with Gasteiger partial charge >= 0.3 is 0 Å². The van der Waals surface area contributed by atoms with Gasteiger partial charge in [-0.3, -0.25) is 4.98 Å². The van der Waals surface area contributed by atoms with Crippen LogP contribution in [0.3, 0.4) is 0 Å². The Labute approximate surface area is 124 Å². The summed E-state index contributed by atoms with van der Waals surface area (Å²) in [5.41, 5.74) is 2.55. The molecule has 0 bridgehead atoms. The number of methoxy groups -OCH3 is 1. The molecule has 1 aromatic heterocycles. The van der Waals surface area contributed by atoms with Gasteiger partial charge in [-0.15, -0.1) is 0 Å². The maximum atomic E-state index is 8.64. The molecule has 1 aromatic carbocycles. The van der Waals surface area contributed by atoms with Crippen molar-refractivity contribution in [2.45, 2.75) is 13.5 Å². The quantitative estimate of drug-likeness (QED) is 0.875. The fourth-order valence-corrected chi connectivity index (χ4v) is 1.83. The van der Waals surface area contributed by atoms with E-state index in [1.54, 1.807) is 7.11 Å². The smallest absolute Gasteiger partial charge is 0.130 e. The molecule has 4 heteroatoms. The Bertz CT molecular complexity index is 654. The van der Waals surface area contributed by atoms with E-state index in [4.69, 9.17) is 14.6 Å². The second-order valence-corrected chi connectivity index (χ2v) is 4.41. The first-order chi connectivity index (χ1) is 10.2. The SMILES string of the molecule is COc1cc(C)nc(COc2ccc(C#CCO)cc2)c1. The molecule has 0 atom stereocenters. The average Bonchev–Trinajstić information content (AvgIpc) is 2.51. The Kier molecular flexibility index (Phi) is 5.19. The average molecular weight is 283 g/mol. The summed E-state index contributed by atoms with van der Waals surface area (Å²) in [5.74, 6) is 6.95. The Morgan fingerprint density at radius 3 is 2.57 bits per heavy atom. The lowest BCUT2D eigenvalue weighted by Crippen LogP contribution is -2.00. The molecule has 0 aliphatic heterocycles. The number of aryl methyl sites for hydroxylation is 1. The number of hydrogen-bond acceptors (Lipinski definition) is 4. The van der Waals surface area contributed by atoms with Crippen molar-refractivity contribution in [3.63, 3.8) is 0 Å². The highest BCUT2D eigenvalue weighted by Crippen LogP contribution is 2.17. The third-order valence-electron chi connectivity index (χ3n) is 2.77. The van der Waals surface area contributed by atoms with Gasteiger partial charge in [0.2, 0.25) is 0 Å². The summed E-state index contributed by atoms with van der Waals surface area (Å²) in [6.07, 6.45) is 0. The van der Waals surface area contributed by atoms with Crippen molar-refractivity contribution in [3.8, 4) is 23.3 Å². The number of nitrogens with zero attached hydrogens (tertiary/aromatic N) is 1. The number of hydrogen-bond donors (Lipinski definition) is 1. The molecule has 2 aromatic rings. The van der Waals surface area contributed by atoms with E-state index in [0.29, 0.717) is 6.61 Å². The first-order valence-corrected chi connectivity index (χ1v) is 6.55. The van der Waals surface area contributed by atoms with Crippen molar-refractivity contribution in [2.75, 3.05) is 13.7 Å². The normalized spacial score (nSPS) is 9.67. The molecule has 0 fully saturated rings. The van der Waals surface area contributed by atoms with Gasteiger partial charge in [0.05, 0.1) is 12.8 Å². The van der Waals surface area contributed by atoms with Crippen LogP contribution in [0.5, 0.6) is 11.5 Å². The lowest BCUT2D eigenvalue weighted by molar-refractivity contribution is 0.300. The summed E-state index contributed by atoms with van der Waals surface area (Å²) in [4.78, 5) is 4.40. The molecular formula is C17H17NO3. The van der Waals surface area contributed by atoms with Gasteiger partial charge in [-0.05, 0) is 31.2 Å². The molecule has 21 heavy (non-hydrogen) atoms. The van der Waals surface area contributed by atoms with Gasteiger partial charge in [-0.2, -0.15) is 0 Å². The number of benzene rings is 1. The molecule has 0 saturated heterocycles. The predicted octanol–water partition coefficient (Wildman–Crippen LogP) is 2.32. The second-order valence-electron chi connectivity index (χ2n) is 4.41. The minimum Gasteiger partial charge on any atom is -0.497 e. The van der Waals surface area contributed by atoms with Crippen molar-refractivity contribution < 1.29 is 14.6 Å². The minimum atomic E-state index is -0.140. The molecule has 108 valence electrons. The molecular weight excluding hydrogens is 266 g/mol. The van der Waals surface area contributed by atoms with E-state index in [0.717, 1.165) is 28.5 Å². The highest BCUT2D eigenvalue weighted by molar-refractivity contribution is 5.38. The van der Waals surface area contributed by atoms with Crippen LogP contribution in [0.25, 0.3) is 0 Å². The van der Waals surface area contributed by atoms with Gasteiger partial charge in [0.15, 0.2) is 0 Å². The van der Waals surface area contributed by atoms with Gasteiger partial charge in [0, 0.05) is 23.4 Å². The molecule has 0 radical (unpaired) electrons. The van der Waals surface area contributed by atoms with Crippen LogP contribution < -0.4 is 9.47 Å². The maximum Gasteiger partial charge on any atom is 0.130 e. The summed E-state index contributed by atoms with van der Waals surface area (Å²) in [6, 6.07) is 11.1. The van der Waals surface area contributed by atoms with Crippen LogP contribution in [0.2, 0.25) is 0 Å². The molecule has 0 aliphatic carbocycles. The highest BCUT2D eigenvalue weighted by atomic mass is 16.5. The largest absolute Gasteiger partial charge is 0.497 e. The predicted molar refractivity (Wildman–Crippen MR) is 80.3 cm³/mol. The number of ether oxygens (including phenoxy) is 2. The van der Waals surface area contributed by atoms with E-state index in [2.05, 4.69) is 16.8 Å². The minimum absolute atomic E-state index is 0.140. The molecule has 1 N–H and O–H groups in total. The molecule has 0 saturated carbocycles. The lowest BCUT2D eigenvalue weighted by atomic mass is 10.2. The summed E-state index contributed by atoms with van der Waals surface area (Å²) in [5, 5.41) is 8.64. The molecule has 1 heterocycles.